The number of ether oxygens (including phenoxy) is 1. The molecule has 6 heteroatoms. The minimum absolute atomic E-state index is 0.0529. The summed E-state index contributed by atoms with van der Waals surface area (Å²) in [6.07, 6.45) is 0.711. The van der Waals surface area contributed by atoms with E-state index in [0.717, 1.165) is 16.9 Å². The zero-order chi connectivity index (χ0) is 19.6. The first kappa shape index (κ1) is 20.5. The molecular formula is C21H26N2O4. The Labute approximate surface area is 159 Å². The number of hydrogen-bond donors (Lipinski definition) is 2. The zero-order valence-corrected chi connectivity index (χ0v) is 15.7. The van der Waals surface area contributed by atoms with Gasteiger partial charge in [-0.2, -0.15) is 0 Å². The molecule has 0 aliphatic rings. The fraction of sp³-hybridized carbons (Fsp3) is 0.333. The summed E-state index contributed by atoms with van der Waals surface area (Å²) in [6.45, 7) is 2.40. The molecule has 144 valence electrons. The highest BCUT2D eigenvalue weighted by molar-refractivity contribution is 5.82. The SMILES string of the molecule is COc1ccccc1CC(C)N(CC(=O)NCC(=O)O)Cc1ccccc1. The van der Waals surface area contributed by atoms with Crippen molar-refractivity contribution in [3.63, 3.8) is 0 Å². The van der Waals surface area contributed by atoms with E-state index in [1.165, 1.54) is 0 Å². The Kier molecular flexibility index (Phi) is 7.82. The van der Waals surface area contributed by atoms with Crippen LogP contribution >= 0.6 is 0 Å². The number of para-hydroxylation sites is 1. The lowest BCUT2D eigenvalue weighted by molar-refractivity contribution is -0.138. The van der Waals surface area contributed by atoms with Crippen molar-refractivity contribution in [2.75, 3.05) is 20.2 Å². The molecule has 0 aliphatic carbocycles. The van der Waals surface area contributed by atoms with Gasteiger partial charge < -0.3 is 15.2 Å². The van der Waals surface area contributed by atoms with E-state index in [9.17, 15) is 9.59 Å². The van der Waals surface area contributed by atoms with Crippen molar-refractivity contribution in [1.82, 2.24) is 10.2 Å². The number of carbonyl (C=O) groups excluding carboxylic acids is 1. The molecule has 0 spiro atoms. The lowest BCUT2D eigenvalue weighted by atomic mass is 10.0. The van der Waals surface area contributed by atoms with Crippen molar-refractivity contribution in [2.45, 2.75) is 25.9 Å². The van der Waals surface area contributed by atoms with Crippen LogP contribution in [0.1, 0.15) is 18.1 Å². The molecule has 0 saturated carbocycles. The molecule has 1 atom stereocenters. The van der Waals surface area contributed by atoms with E-state index in [1.54, 1.807) is 7.11 Å². The first-order valence-electron chi connectivity index (χ1n) is 8.88. The number of benzene rings is 2. The topological polar surface area (TPSA) is 78.9 Å². The van der Waals surface area contributed by atoms with Gasteiger partial charge in [-0.05, 0) is 30.5 Å². The van der Waals surface area contributed by atoms with Crippen molar-refractivity contribution in [3.8, 4) is 5.75 Å². The second-order valence-electron chi connectivity index (χ2n) is 6.43. The second-order valence-corrected chi connectivity index (χ2v) is 6.43. The molecule has 0 aliphatic heterocycles. The van der Waals surface area contributed by atoms with Crippen molar-refractivity contribution in [1.29, 1.82) is 0 Å². The third kappa shape index (κ3) is 6.75. The fourth-order valence-corrected chi connectivity index (χ4v) is 2.92. The van der Waals surface area contributed by atoms with Crippen LogP contribution in [0.3, 0.4) is 0 Å². The largest absolute Gasteiger partial charge is 0.496 e. The number of nitrogens with zero attached hydrogens (tertiary/aromatic N) is 1. The van der Waals surface area contributed by atoms with Gasteiger partial charge in [0.25, 0.3) is 0 Å². The maximum absolute atomic E-state index is 12.2. The van der Waals surface area contributed by atoms with Crippen molar-refractivity contribution in [2.24, 2.45) is 0 Å². The van der Waals surface area contributed by atoms with Crippen molar-refractivity contribution < 1.29 is 19.4 Å². The van der Waals surface area contributed by atoms with Crippen LogP contribution < -0.4 is 10.1 Å². The molecule has 0 aromatic heterocycles. The average molecular weight is 370 g/mol. The van der Waals surface area contributed by atoms with Crippen molar-refractivity contribution in [3.05, 3.63) is 65.7 Å². The standard InChI is InChI=1S/C21H26N2O4/c1-16(12-18-10-6-7-11-19(18)27-2)23(14-17-8-4-3-5-9-17)15-20(24)22-13-21(25)26/h3-11,16H,12-15H2,1-2H3,(H,22,24)(H,25,26). The number of amides is 1. The fourth-order valence-electron chi connectivity index (χ4n) is 2.92. The Morgan fingerprint density at radius 1 is 1.11 bits per heavy atom. The van der Waals surface area contributed by atoms with Crippen LogP contribution in [0.2, 0.25) is 0 Å². The summed E-state index contributed by atoms with van der Waals surface area (Å²) in [5.41, 5.74) is 2.16. The van der Waals surface area contributed by atoms with E-state index < -0.39 is 5.97 Å². The van der Waals surface area contributed by atoms with Crippen LogP contribution in [0.4, 0.5) is 0 Å². The predicted molar refractivity (Wildman–Crippen MR) is 104 cm³/mol. The monoisotopic (exact) mass is 370 g/mol. The first-order valence-corrected chi connectivity index (χ1v) is 8.88. The molecule has 2 N–H and O–H groups in total. The van der Waals surface area contributed by atoms with Gasteiger partial charge in [-0.3, -0.25) is 14.5 Å². The molecule has 0 bridgehead atoms. The van der Waals surface area contributed by atoms with Crippen LogP contribution in [0.5, 0.6) is 5.75 Å². The summed E-state index contributed by atoms with van der Waals surface area (Å²) in [5, 5.41) is 11.2. The lowest BCUT2D eigenvalue weighted by Crippen LogP contribution is -2.43. The number of nitrogens with one attached hydrogen (secondary N) is 1. The summed E-state index contributed by atoms with van der Waals surface area (Å²) in [5.74, 6) is -0.542. The molecule has 0 heterocycles. The van der Waals surface area contributed by atoms with Gasteiger partial charge in [-0.1, -0.05) is 48.5 Å². The van der Waals surface area contributed by atoms with Crippen LogP contribution in [0.15, 0.2) is 54.6 Å². The number of carboxylic acids is 1. The predicted octanol–water partition coefficient (Wildman–Crippen LogP) is 2.33. The maximum atomic E-state index is 12.2. The third-order valence-electron chi connectivity index (χ3n) is 4.34. The highest BCUT2D eigenvalue weighted by Gasteiger charge is 2.19. The summed E-state index contributed by atoms with van der Waals surface area (Å²) >= 11 is 0. The summed E-state index contributed by atoms with van der Waals surface area (Å²) in [7, 11) is 1.64. The van der Waals surface area contributed by atoms with Gasteiger partial charge in [0.15, 0.2) is 0 Å². The van der Waals surface area contributed by atoms with E-state index >= 15 is 0 Å². The molecule has 0 saturated heterocycles. The molecule has 1 amide bonds. The number of hydrogen-bond acceptors (Lipinski definition) is 4. The number of rotatable bonds is 10. The van der Waals surface area contributed by atoms with Crippen LogP contribution in [-0.4, -0.2) is 48.1 Å². The Morgan fingerprint density at radius 2 is 1.78 bits per heavy atom. The minimum atomic E-state index is -1.06. The van der Waals surface area contributed by atoms with E-state index in [1.807, 2.05) is 59.5 Å². The van der Waals surface area contributed by atoms with Crippen LogP contribution in [0.25, 0.3) is 0 Å². The highest BCUT2D eigenvalue weighted by atomic mass is 16.5. The normalized spacial score (nSPS) is 11.8. The molecule has 27 heavy (non-hydrogen) atoms. The van der Waals surface area contributed by atoms with E-state index in [-0.39, 0.29) is 25.0 Å². The summed E-state index contributed by atoms with van der Waals surface area (Å²) < 4.78 is 5.43. The Morgan fingerprint density at radius 3 is 2.44 bits per heavy atom. The smallest absolute Gasteiger partial charge is 0.322 e. The van der Waals surface area contributed by atoms with E-state index in [4.69, 9.17) is 9.84 Å². The lowest BCUT2D eigenvalue weighted by Gasteiger charge is -2.29. The Hall–Kier alpha value is -2.86. The molecule has 2 aromatic rings. The van der Waals surface area contributed by atoms with Gasteiger partial charge in [0, 0.05) is 12.6 Å². The molecule has 6 nitrogen and oxygen atoms in total. The summed E-state index contributed by atoms with van der Waals surface area (Å²) in [4.78, 5) is 24.9. The number of carboxylic acid groups (broad SMARTS) is 1. The van der Waals surface area contributed by atoms with Crippen molar-refractivity contribution >= 4 is 11.9 Å². The Bertz CT molecular complexity index is 749. The molecule has 0 fully saturated rings. The molecule has 2 rings (SSSR count). The zero-order valence-electron chi connectivity index (χ0n) is 15.7. The van der Waals surface area contributed by atoms with Gasteiger partial charge in [0.1, 0.15) is 12.3 Å². The number of methoxy groups -OCH3 is 1. The third-order valence-corrected chi connectivity index (χ3v) is 4.34. The summed E-state index contributed by atoms with van der Waals surface area (Å²) in [6, 6.07) is 17.8. The van der Waals surface area contributed by atoms with Gasteiger partial charge in [0.2, 0.25) is 5.91 Å². The molecule has 1 unspecified atom stereocenters. The van der Waals surface area contributed by atoms with Gasteiger partial charge in [0.05, 0.1) is 13.7 Å². The molecule has 0 radical (unpaired) electrons. The molecular weight excluding hydrogens is 344 g/mol. The van der Waals surface area contributed by atoms with Gasteiger partial charge in [-0.15, -0.1) is 0 Å². The van der Waals surface area contributed by atoms with E-state index in [0.29, 0.717) is 13.0 Å². The average Bonchev–Trinajstić information content (AvgIpc) is 2.67. The first-order chi connectivity index (χ1) is 13.0. The van der Waals surface area contributed by atoms with Crippen LogP contribution in [-0.2, 0) is 22.6 Å². The second kappa shape index (κ2) is 10.3. The highest BCUT2D eigenvalue weighted by Crippen LogP contribution is 2.21. The molecule has 2 aromatic carbocycles. The van der Waals surface area contributed by atoms with E-state index in [2.05, 4.69) is 12.2 Å². The number of carbonyl (C=O) groups is 2. The quantitative estimate of drug-likeness (QED) is 0.671. The Balaban J connectivity index is 2.11. The maximum Gasteiger partial charge on any atom is 0.322 e. The van der Waals surface area contributed by atoms with Gasteiger partial charge >= 0.3 is 5.97 Å². The van der Waals surface area contributed by atoms with Gasteiger partial charge in [-0.25, -0.2) is 0 Å². The minimum Gasteiger partial charge on any atom is -0.496 e. The van der Waals surface area contributed by atoms with Crippen LogP contribution in [0, 0.1) is 0 Å². The number of aliphatic carboxylic acids is 1.